The molecule has 2 N–H and O–H groups in total. The van der Waals surface area contributed by atoms with E-state index in [9.17, 15) is 0 Å². The fourth-order valence-electron chi connectivity index (χ4n) is 3.87. The van der Waals surface area contributed by atoms with Gasteiger partial charge in [-0.1, -0.05) is 41.8 Å². The van der Waals surface area contributed by atoms with Gasteiger partial charge < -0.3 is 19.9 Å². The first-order chi connectivity index (χ1) is 15.8. The average molecular weight is 485 g/mol. The molecule has 33 heavy (non-hydrogen) atoms. The van der Waals surface area contributed by atoms with Crippen LogP contribution in [0.4, 0.5) is 0 Å². The van der Waals surface area contributed by atoms with Crippen molar-refractivity contribution in [2.24, 2.45) is 5.73 Å². The molecule has 0 saturated heterocycles. The summed E-state index contributed by atoms with van der Waals surface area (Å²) in [4.78, 5) is 5.89. The number of aromatic nitrogens is 1. The number of terminal acetylenes is 1. The minimum absolute atomic E-state index is 0.296. The van der Waals surface area contributed by atoms with Crippen molar-refractivity contribution >= 4 is 22.9 Å². The molecule has 0 saturated carbocycles. The van der Waals surface area contributed by atoms with Gasteiger partial charge in [0.05, 0.1) is 31.0 Å². The predicted molar refractivity (Wildman–Crippen MR) is 135 cm³/mol. The van der Waals surface area contributed by atoms with Crippen molar-refractivity contribution in [3.63, 3.8) is 0 Å². The molecule has 1 heterocycles. The lowest BCUT2D eigenvalue weighted by Gasteiger charge is -2.31. The van der Waals surface area contributed by atoms with E-state index in [1.807, 2.05) is 44.2 Å². The minimum atomic E-state index is -1.17. The summed E-state index contributed by atoms with van der Waals surface area (Å²) >= 11 is 8.06. The second kappa shape index (κ2) is 10.7. The number of ether oxygens (including phenoxy) is 3. The molecule has 0 bridgehead atoms. The highest BCUT2D eigenvalue weighted by molar-refractivity contribution is 7.12. The quantitative estimate of drug-likeness (QED) is 0.409. The highest BCUT2D eigenvalue weighted by Gasteiger charge is 2.40. The van der Waals surface area contributed by atoms with Crippen molar-refractivity contribution in [2.75, 3.05) is 27.9 Å². The van der Waals surface area contributed by atoms with Gasteiger partial charge in [-0.3, -0.25) is 0 Å². The Balaban J connectivity index is 2.07. The zero-order valence-corrected chi connectivity index (χ0v) is 21.1. The summed E-state index contributed by atoms with van der Waals surface area (Å²) in [7, 11) is 4.93. The van der Waals surface area contributed by atoms with Crippen LogP contribution in [0.3, 0.4) is 0 Å². The molecule has 0 spiro atoms. The van der Waals surface area contributed by atoms with Crippen LogP contribution in [-0.2, 0) is 21.6 Å². The van der Waals surface area contributed by atoms with Crippen molar-refractivity contribution in [3.8, 4) is 29.4 Å². The van der Waals surface area contributed by atoms with Crippen LogP contribution in [0.2, 0.25) is 5.02 Å². The fourth-order valence-corrected chi connectivity index (χ4v) is 5.16. The molecule has 0 aliphatic rings. The van der Waals surface area contributed by atoms with Crippen LogP contribution in [-0.4, -0.2) is 32.9 Å². The predicted octanol–water partition coefficient (Wildman–Crippen LogP) is 5.45. The monoisotopic (exact) mass is 484 g/mol. The molecule has 0 amide bonds. The van der Waals surface area contributed by atoms with Crippen molar-refractivity contribution in [2.45, 2.75) is 31.9 Å². The van der Waals surface area contributed by atoms with E-state index in [0.717, 1.165) is 38.6 Å². The Hall–Kier alpha value is -2.40. The Bertz CT molecular complexity index is 1150. The number of hydrogen-bond acceptors (Lipinski definition) is 6. The highest BCUT2D eigenvalue weighted by Crippen LogP contribution is 2.42. The Kier molecular flexibility index (Phi) is 8.17. The topological polar surface area (TPSA) is 66.6 Å². The summed E-state index contributed by atoms with van der Waals surface area (Å²) in [5, 5.41) is 1.20. The summed E-state index contributed by atoms with van der Waals surface area (Å²) in [5.74, 6) is 3.25. The minimum Gasteiger partial charge on any atom is -0.496 e. The second-order valence-corrected chi connectivity index (χ2v) is 9.53. The Morgan fingerprint density at radius 3 is 2.42 bits per heavy atom. The van der Waals surface area contributed by atoms with Crippen LogP contribution in [0.1, 0.15) is 32.5 Å². The number of rotatable bonds is 9. The van der Waals surface area contributed by atoms with E-state index in [2.05, 4.69) is 5.92 Å². The lowest BCUT2D eigenvalue weighted by molar-refractivity contribution is 0.157. The van der Waals surface area contributed by atoms with Crippen molar-refractivity contribution in [1.82, 2.24) is 4.98 Å². The number of thiazole rings is 1. The smallest absolute Gasteiger partial charge is 0.139 e. The third-order valence-electron chi connectivity index (χ3n) is 5.71. The van der Waals surface area contributed by atoms with Gasteiger partial charge in [0, 0.05) is 30.6 Å². The third-order valence-corrected chi connectivity index (χ3v) is 7.14. The molecular weight excluding hydrogens is 456 g/mol. The SMILES string of the molecule is C#CC(N)(c1nc(-c2cc(C)c(OC)cc2Cl)c(C)s1)[C@H](COC)c1ccc(COC)cc1. The van der Waals surface area contributed by atoms with E-state index < -0.39 is 5.54 Å². The molecule has 7 heteroatoms. The lowest BCUT2D eigenvalue weighted by atomic mass is 9.81. The number of hydrogen-bond donors (Lipinski definition) is 1. The van der Waals surface area contributed by atoms with E-state index in [0.29, 0.717) is 23.2 Å². The van der Waals surface area contributed by atoms with Gasteiger partial charge in [0.2, 0.25) is 0 Å². The first kappa shape index (κ1) is 25.2. The summed E-state index contributed by atoms with van der Waals surface area (Å²) in [6.07, 6.45) is 6.05. The Morgan fingerprint density at radius 2 is 1.85 bits per heavy atom. The van der Waals surface area contributed by atoms with Crippen molar-refractivity contribution < 1.29 is 14.2 Å². The Morgan fingerprint density at radius 1 is 1.15 bits per heavy atom. The van der Waals surface area contributed by atoms with Crippen LogP contribution in [0.25, 0.3) is 11.3 Å². The molecule has 2 atom stereocenters. The molecule has 0 radical (unpaired) electrons. The van der Waals surface area contributed by atoms with E-state index in [1.54, 1.807) is 27.4 Å². The van der Waals surface area contributed by atoms with Crippen LogP contribution in [0.5, 0.6) is 5.75 Å². The molecule has 5 nitrogen and oxygen atoms in total. The molecular formula is C26H29ClN2O3S. The van der Waals surface area contributed by atoms with Gasteiger partial charge in [-0.15, -0.1) is 17.8 Å². The molecule has 0 fully saturated rings. The van der Waals surface area contributed by atoms with Crippen LogP contribution < -0.4 is 10.5 Å². The van der Waals surface area contributed by atoms with Gasteiger partial charge in [-0.25, -0.2) is 4.98 Å². The number of aryl methyl sites for hydroxylation is 2. The first-order valence-corrected chi connectivity index (χ1v) is 11.6. The maximum absolute atomic E-state index is 6.91. The molecule has 0 aliphatic heterocycles. The van der Waals surface area contributed by atoms with Crippen molar-refractivity contribution in [1.29, 1.82) is 0 Å². The van der Waals surface area contributed by atoms with Crippen LogP contribution in [0, 0.1) is 26.2 Å². The zero-order chi connectivity index (χ0) is 24.2. The standard InChI is InChI=1S/C26H29ClN2O3S/c1-7-26(28,21(15-31-5)19-10-8-18(9-11-19)14-30-4)25-29-24(17(3)33-25)20-12-16(2)23(32-6)13-22(20)27/h1,8-13,21H,14-15,28H2,2-6H3/t21-,26?/m1/s1. The fraction of sp³-hybridized carbons (Fsp3) is 0.346. The van der Waals surface area contributed by atoms with Gasteiger partial charge >= 0.3 is 0 Å². The van der Waals surface area contributed by atoms with E-state index >= 15 is 0 Å². The van der Waals surface area contributed by atoms with Gasteiger partial charge in [0.25, 0.3) is 0 Å². The van der Waals surface area contributed by atoms with Crippen LogP contribution in [0.15, 0.2) is 36.4 Å². The number of benzene rings is 2. The summed E-state index contributed by atoms with van der Waals surface area (Å²) in [6.45, 7) is 4.85. The maximum atomic E-state index is 6.91. The first-order valence-electron chi connectivity index (χ1n) is 10.4. The average Bonchev–Trinajstić information content (AvgIpc) is 3.21. The molecule has 2 aromatic carbocycles. The third kappa shape index (κ3) is 5.08. The van der Waals surface area contributed by atoms with Gasteiger partial charge in [0.1, 0.15) is 16.3 Å². The van der Waals surface area contributed by atoms with E-state index in [1.165, 1.54) is 11.3 Å². The number of methoxy groups -OCH3 is 3. The van der Waals surface area contributed by atoms with E-state index in [-0.39, 0.29) is 5.92 Å². The van der Waals surface area contributed by atoms with Gasteiger partial charge in [0.15, 0.2) is 0 Å². The van der Waals surface area contributed by atoms with Gasteiger partial charge in [-0.2, -0.15) is 0 Å². The number of nitrogens with zero attached hydrogens (tertiary/aromatic N) is 1. The highest BCUT2D eigenvalue weighted by atomic mass is 35.5. The number of nitrogens with two attached hydrogens (primary N) is 1. The summed E-state index contributed by atoms with van der Waals surface area (Å²) in [5.41, 5.74) is 10.3. The van der Waals surface area contributed by atoms with Crippen LogP contribution >= 0.6 is 22.9 Å². The summed E-state index contributed by atoms with van der Waals surface area (Å²) < 4.78 is 16.1. The maximum Gasteiger partial charge on any atom is 0.139 e. The summed E-state index contributed by atoms with van der Waals surface area (Å²) in [6, 6.07) is 11.8. The normalized spacial score (nSPS) is 13.9. The van der Waals surface area contributed by atoms with E-state index in [4.69, 9.17) is 43.0 Å². The molecule has 3 aromatic rings. The lowest BCUT2D eigenvalue weighted by Crippen LogP contribution is -2.43. The zero-order valence-electron chi connectivity index (χ0n) is 19.6. The largest absolute Gasteiger partial charge is 0.496 e. The second-order valence-electron chi connectivity index (χ2n) is 7.92. The molecule has 1 aromatic heterocycles. The Labute approximate surface area is 204 Å². The molecule has 174 valence electrons. The van der Waals surface area contributed by atoms with Crippen molar-refractivity contribution in [3.05, 3.63) is 68.0 Å². The molecule has 0 aliphatic carbocycles. The number of halogens is 1. The molecule has 1 unspecified atom stereocenters. The van der Waals surface area contributed by atoms with Gasteiger partial charge in [-0.05, 0) is 42.7 Å². The molecule has 3 rings (SSSR count).